The molecule has 1 saturated heterocycles. The molecule has 22 heavy (non-hydrogen) atoms. The van der Waals surface area contributed by atoms with Gasteiger partial charge in [0.05, 0.1) is 14.1 Å². The maximum Gasteiger partial charge on any atom is 0.0552 e. The lowest BCUT2D eigenvalue weighted by Gasteiger charge is -2.34. The number of halogens is 1. The molecule has 0 bridgehead atoms. The molecule has 0 spiro atoms. The average molecular weight is 337 g/mol. The highest BCUT2D eigenvalue weighted by Gasteiger charge is 2.27. The molecule has 2 aliphatic heterocycles. The Morgan fingerprint density at radius 3 is 2.27 bits per heavy atom. The van der Waals surface area contributed by atoms with E-state index in [4.69, 9.17) is 5.48 Å². The van der Waals surface area contributed by atoms with Crippen molar-refractivity contribution in [1.82, 2.24) is 4.90 Å². The highest BCUT2D eigenvalue weighted by Crippen LogP contribution is 2.48. The second-order valence-corrected chi connectivity index (χ2v) is 6.53. The number of likely N-dealkylation sites (tertiary alicyclic amines) is 1. The van der Waals surface area contributed by atoms with Crippen LogP contribution in [0.15, 0.2) is 58.3 Å². The van der Waals surface area contributed by atoms with Crippen LogP contribution in [0.4, 0.5) is 11.4 Å². The molecule has 0 aromatic heterocycles. The first-order valence-electron chi connectivity index (χ1n) is 9.18. The van der Waals surface area contributed by atoms with Gasteiger partial charge in [0.15, 0.2) is 0 Å². The second kappa shape index (κ2) is 6.53. The van der Waals surface area contributed by atoms with Crippen molar-refractivity contribution < 1.29 is 5.48 Å². The minimum atomic E-state index is -1.69. The quantitative estimate of drug-likeness (QED) is 0.787. The summed E-state index contributed by atoms with van der Waals surface area (Å²) in [6.07, 6.45) is 0.185. The van der Waals surface area contributed by atoms with E-state index in [0.29, 0.717) is 6.54 Å². The summed E-state index contributed by atoms with van der Waals surface area (Å²) in [5.74, 6) is -0.420. The van der Waals surface area contributed by atoms with Crippen molar-refractivity contribution in [2.75, 3.05) is 31.5 Å². The lowest BCUT2D eigenvalue weighted by Crippen LogP contribution is -2.28. The van der Waals surface area contributed by atoms with Gasteiger partial charge >= 0.3 is 0 Å². The van der Waals surface area contributed by atoms with Gasteiger partial charge in [0.2, 0.25) is 0 Å². The van der Waals surface area contributed by atoms with Crippen LogP contribution in [0.1, 0.15) is 11.9 Å². The Morgan fingerprint density at radius 1 is 1.14 bits per heavy atom. The predicted molar refractivity (Wildman–Crippen MR) is 96.9 cm³/mol. The van der Waals surface area contributed by atoms with Gasteiger partial charge in [-0.1, -0.05) is 36.0 Å². The Kier molecular flexibility index (Phi) is 3.38. The summed E-state index contributed by atoms with van der Waals surface area (Å²) in [6.45, 7) is -2.76. The summed E-state index contributed by atoms with van der Waals surface area (Å²) in [5, 5.41) is 0. The molecule has 2 aliphatic rings. The van der Waals surface area contributed by atoms with Crippen molar-refractivity contribution in [2.45, 2.75) is 16.2 Å². The highest BCUT2D eigenvalue weighted by molar-refractivity contribution is 7.99. The van der Waals surface area contributed by atoms with Crippen molar-refractivity contribution >= 4 is 35.5 Å². The predicted octanol–water partition coefficient (Wildman–Crippen LogP) is 4.66. The Morgan fingerprint density at radius 2 is 1.73 bits per heavy atom. The fourth-order valence-corrected chi connectivity index (χ4v) is 3.90. The number of fused-ring (bicyclic) bond motifs is 2. The third kappa shape index (κ3) is 2.85. The number of hydrogen-bond donors (Lipinski definition) is 0. The zero-order valence-electron chi connectivity index (χ0n) is 16.3. The normalized spacial score (nSPS) is 25.9. The average Bonchev–Trinajstić information content (AvgIpc) is 2.86. The van der Waals surface area contributed by atoms with Crippen LogP contribution in [0.25, 0.3) is 0 Å². The Balaban J connectivity index is 0.00000196. The first kappa shape index (κ1) is 11.4. The van der Waals surface area contributed by atoms with Crippen molar-refractivity contribution in [3.63, 3.8) is 0 Å². The molecule has 0 saturated carbocycles. The Labute approximate surface area is 148 Å². The van der Waals surface area contributed by atoms with E-state index in [1.165, 1.54) is 0 Å². The van der Waals surface area contributed by atoms with Gasteiger partial charge in [-0.15, -0.1) is 12.4 Å². The molecule has 4 heteroatoms. The number of para-hydroxylation sites is 2. The largest absolute Gasteiger partial charge is 0.339 e. The van der Waals surface area contributed by atoms with Crippen molar-refractivity contribution in [3.8, 4) is 0 Å². The van der Waals surface area contributed by atoms with Gasteiger partial charge in [0, 0.05) is 25.6 Å². The molecule has 4 rings (SSSR count). The Hall–Kier alpha value is -1.16. The smallest absolute Gasteiger partial charge is 0.0552 e. The molecule has 0 N–H and O–H groups in total. The van der Waals surface area contributed by atoms with E-state index in [0.717, 1.165) is 21.2 Å². The van der Waals surface area contributed by atoms with Crippen molar-refractivity contribution in [3.05, 3.63) is 48.5 Å². The second-order valence-electron chi connectivity index (χ2n) is 5.44. The molecular formula is C18H21ClN2S. The molecule has 1 fully saturated rings. The summed E-state index contributed by atoms with van der Waals surface area (Å²) in [5.41, 5.74) is 1.71. The third-order valence-electron chi connectivity index (χ3n) is 3.85. The van der Waals surface area contributed by atoms with Crippen molar-refractivity contribution in [1.29, 1.82) is 0 Å². The summed E-state index contributed by atoms with van der Waals surface area (Å²) in [7, 11) is 1.73. The van der Waals surface area contributed by atoms with E-state index in [9.17, 15) is 0 Å². The van der Waals surface area contributed by atoms with Crippen LogP contribution in [0, 0.1) is 5.92 Å². The van der Waals surface area contributed by atoms with Gasteiger partial charge in [0.25, 0.3) is 0 Å². The van der Waals surface area contributed by atoms with Crippen LogP contribution in [0.3, 0.4) is 0 Å². The number of nitrogens with zero attached hydrogens (tertiary/aromatic N) is 2. The number of anilines is 2. The van der Waals surface area contributed by atoms with Crippen LogP contribution in [0.5, 0.6) is 0 Å². The molecule has 0 radical (unpaired) electrons. The van der Waals surface area contributed by atoms with Gasteiger partial charge in [-0.05, 0) is 50.1 Å². The number of benzene rings is 2. The van der Waals surface area contributed by atoms with Gasteiger partial charge < -0.3 is 9.80 Å². The Bertz CT molecular complexity index is 772. The van der Waals surface area contributed by atoms with Crippen LogP contribution in [-0.2, 0) is 0 Å². The van der Waals surface area contributed by atoms with E-state index < -0.39 is 18.9 Å². The molecule has 0 amide bonds. The molecule has 0 aliphatic carbocycles. The first-order valence-corrected chi connectivity index (χ1v) is 8.00. The zero-order valence-corrected chi connectivity index (χ0v) is 14.0. The third-order valence-corrected chi connectivity index (χ3v) is 4.98. The molecule has 1 atom stereocenters. The van der Waals surface area contributed by atoms with Gasteiger partial charge in [-0.3, -0.25) is 0 Å². The number of rotatable bonds is 2. The molecule has 2 aromatic rings. The molecule has 2 heterocycles. The fourth-order valence-electron chi connectivity index (χ4n) is 2.84. The van der Waals surface area contributed by atoms with E-state index >= 15 is 0 Å². The molecule has 2 aromatic carbocycles. The van der Waals surface area contributed by atoms with E-state index in [2.05, 4.69) is 0 Å². The van der Waals surface area contributed by atoms with E-state index in [1.54, 1.807) is 28.6 Å². The van der Waals surface area contributed by atoms with Crippen LogP contribution in [-0.4, -0.2) is 31.5 Å². The summed E-state index contributed by atoms with van der Waals surface area (Å²) < 4.78 is 34.1. The van der Waals surface area contributed by atoms with E-state index in [1.807, 2.05) is 48.5 Å². The number of hydrogen-bond acceptors (Lipinski definition) is 3. The lowest BCUT2D eigenvalue weighted by atomic mass is 10.1. The molecular weight excluding hydrogens is 312 g/mol. The topological polar surface area (TPSA) is 6.48 Å². The lowest BCUT2D eigenvalue weighted by molar-refractivity contribution is 0.396. The summed E-state index contributed by atoms with van der Waals surface area (Å²) >= 11 is 1.65. The zero-order chi connectivity index (χ0) is 17.8. The maximum atomic E-state index is 8.94. The molecule has 116 valence electrons. The molecule has 1 unspecified atom stereocenters. The summed E-state index contributed by atoms with van der Waals surface area (Å²) in [4.78, 5) is 5.44. The standard InChI is InChI=1S/C18H20N2S.ClH/c1-19-11-10-14(12-19)13-20-15-6-2-4-8-17(15)21-18-9-5-3-7-16(18)20;/h2-9,14H,10-13H2,1H3;1H/i11D2,13D2;. The maximum absolute atomic E-state index is 8.94. The minimum absolute atomic E-state index is 0. The van der Waals surface area contributed by atoms with Crippen LogP contribution >= 0.6 is 24.2 Å². The summed E-state index contributed by atoms with van der Waals surface area (Å²) in [6, 6.07) is 15.7. The van der Waals surface area contributed by atoms with Gasteiger partial charge in [-0.2, -0.15) is 0 Å². The van der Waals surface area contributed by atoms with E-state index in [-0.39, 0.29) is 18.8 Å². The first-order chi connectivity index (χ1) is 11.8. The monoisotopic (exact) mass is 336 g/mol. The fraction of sp³-hybridized carbons (Fsp3) is 0.333. The van der Waals surface area contributed by atoms with Gasteiger partial charge in [0.1, 0.15) is 0 Å². The van der Waals surface area contributed by atoms with Gasteiger partial charge in [-0.25, -0.2) is 0 Å². The SMILES string of the molecule is Cl.[2H]C1([2H])CC(C([2H])([2H])N2c3ccccc3Sc3ccccc32)CN1C. The van der Waals surface area contributed by atoms with Crippen LogP contribution in [0.2, 0.25) is 0 Å². The van der Waals surface area contributed by atoms with Crippen molar-refractivity contribution in [2.24, 2.45) is 5.92 Å². The highest BCUT2D eigenvalue weighted by atomic mass is 35.5. The molecule has 2 nitrogen and oxygen atoms in total. The minimum Gasteiger partial charge on any atom is -0.339 e. The van der Waals surface area contributed by atoms with Crippen LogP contribution < -0.4 is 4.90 Å².